The van der Waals surface area contributed by atoms with E-state index in [9.17, 15) is 13.2 Å². The van der Waals surface area contributed by atoms with Crippen LogP contribution >= 0.6 is 11.6 Å². The second-order valence-corrected chi connectivity index (χ2v) is 4.02. The van der Waals surface area contributed by atoms with Gasteiger partial charge in [-0.05, 0) is 24.3 Å². The van der Waals surface area contributed by atoms with Gasteiger partial charge in [-0.2, -0.15) is 4.98 Å². The van der Waals surface area contributed by atoms with Crippen LogP contribution in [-0.4, -0.2) is 16.3 Å². The quantitative estimate of drug-likeness (QED) is 0.665. The summed E-state index contributed by atoms with van der Waals surface area (Å²) >= 11 is 5.83. The normalized spacial score (nSPS) is 11.1. The molecule has 0 unspecified atom stereocenters. The van der Waals surface area contributed by atoms with E-state index in [1.165, 1.54) is 18.3 Å². The molecule has 1 aromatic heterocycles. The van der Waals surface area contributed by atoms with Crippen molar-refractivity contribution < 1.29 is 22.6 Å². The van der Waals surface area contributed by atoms with Gasteiger partial charge in [0.05, 0.1) is 6.20 Å². The lowest BCUT2D eigenvalue weighted by molar-refractivity contribution is -0.274. The highest BCUT2D eigenvalue weighted by Crippen LogP contribution is 2.29. The summed E-state index contributed by atoms with van der Waals surface area (Å²) in [5, 5.41) is 0.115. The number of benzene rings is 1. The molecule has 0 fully saturated rings. The van der Waals surface area contributed by atoms with Crippen LogP contribution in [0, 0.1) is 0 Å². The number of nitrogens with one attached hydrogen (secondary N) is 1. The molecular formula is C11H8ClF3N4O2. The summed E-state index contributed by atoms with van der Waals surface area (Å²) in [6.07, 6.45) is -3.49. The van der Waals surface area contributed by atoms with E-state index in [2.05, 4.69) is 20.1 Å². The maximum absolute atomic E-state index is 12.0. The summed E-state index contributed by atoms with van der Waals surface area (Å²) in [4.78, 5) is 7.60. The Morgan fingerprint density at radius 3 is 2.33 bits per heavy atom. The lowest BCUT2D eigenvalue weighted by Crippen LogP contribution is -2.16. The summed E-state index contributed by atoms with van der Waals surface area (Å²) in [7, 11) is 0. The van der Waals surface area contributed by atoms with Crippen molar-refractivity contribution in [1.29, 1.82) is 0 Å². The van der Waals surface area contributed by atoms with Crippen molar-refractivity contribution in [2.24, 2.45) is 5.84 Å². The van der Waals surface area contributed by atoms with Gasteiger partial charge < -0.3 is 9.47 Å². The van der Waals surface area contributed by atoms with E-state index >= 15 is 0 Å². The molecule has 1 aromatic carbocycles. The molecule has 0 spiro atoms. The van der Waals surface area contributed by atoms with Crippen molar-refractivity contribution >= 4 is 17.5 Å². The van der Waals surface area contributed by atoms with Crippen molar-refractivity contribution in [3.63, 3.8) is 0 Å². The van der Waals surface area contributed by atoms with Crippen LogP contribution in [0.1, 0.15) is 0 Å². The Labute approximate surface area is 121 Å². The fourth-order valence-electron chi connectivity index (χ4n) is 1.31. The smallest absolute Gasteiger partial charge is 0.437 e. The van der Waals surface area contributed by atoms with E-state index in [0.717, 1.165) is 12.1 Å². The highest BCUT2D eigenvalue weighted by molar-refractivity contribution is 6.31. The number of rotatable bonds is 4. The highest BCUT2D eigenvalue weighted by Gasteiger charge is 2.31. The predicted octanol–water partition coefficient (Wildman–Crippen LogP) is 3.11. The van der Waals surface area contributed by atoms with Crippen molar-refractivity contribution in [3.05, 3.63) is 35.5 Å². The molecule has 0 saturated carbocycles. The first kappa shape index (κ1) is 15.1. The molecule has 2 aromatic rings. The number of aromatic nitrogens is 2. The number of anilines is 1. The van der Waals surface area contributed by atoms with Crippen molar-refractivity contribution in [3.8, 4) is 17.4 Å². The van der Waals surface area contributed by atoms with Gasteiger partial charge >= 0.3 is 6.36 Å². The molecule has 0 radical (unpaired) electrons. The topological polar surface area (TPSA) is 82.3 Å². The van der Waals surface area contributed by atoms with E-state index in [-0.39, 0.29) is 28.3 Å². The van der Waals surface area contributed by atoms with Crippen LogP contribution in [0.25, 0.3) is 0 Å². The number of alkyl halides is 3. The zero-order valence-corrected chi connectivity index (χ0v) is 10.9. The molecule has 0 aliphatic carbocycles. The minimum atomic E-state index is -4.75. The van der Waals surface area contributed by atoms with Crippen LogP contribution < -0.4 is 20.7 Å². The molecule has 2 rings (SSSR count). The Kier molecular flexibility index (Phi) is 4.34. The van der Waals surface area contributed by atoms with Gasteiger partial charge in [-0.3, -0.25) is 5.43 Å². The Hall–Kier alpha value is -2.26. The van der Waals surface area contributed by atoms with Crippen LogP contribution in [0.4, 0.5) is 19.1 Å². The van der Waals surface area contributed by atoms with Crippen molar-refractivity contribution in [2.45, 2.75) is 6.36 Å². The lowest BCUT2D eigenvalue weighted by Gasteiger charge is -2.10. The second-order valence-electron chi connectivity index (χ2n) is 3.61. The SMILES string of the molecule is NNc1ncc(Cl)c(Oc2ccc(OC(F)(F)F)cc2)n1. The second kappa shape index (κ2) is 6.02. The Morgan fingerprint density at radius 2 is 1.76 bits per heavy atom. The monoisotopic (exact) mass is 320 g/mol. The number of hydrogen-bond acceptors (Lipinski definition) is 6. The molecule has 0 bridgehead atoms. The van der Waals surface area contributed by atoms with E-state index < -0.39 is 6.36 Å². The minimum absolute atomic E-state index is 0.00380. The molecular weight excluding hydrogens is 313 g/mol. The third-order valence-corrected chi connectivity index (χ3v) is 2.37. The molecule has 112 valence electrons. The maximum Gasteiger partial charge on any atom is 0.573 e. The number of nitrogen functional groups attached to an aromatic ring is 1. The maximum atomic E-state index is 12.0. The fourth-order valence-corrected chi connectivity index (χ4v) is 1.44. The first-order chi connectivity index (χ1) is 9.87. The van der Waals surface area contributed by atoms with Crippen molar-refractivity contribution in [1.82, 2.24) is 9.97 Å². The molecule has 0 aliphatic rings. The van der Waals surface area contributed by atoms with Gasteiger partial charge in [0, 0.05) is 0 Å². The van der Waals surface area contributed by atoms with Gasteiger partial charge in [0.15, 0.2) is 0 Å². The third kappa shape index (κ3) is 4.36. The number of hydrogen-bond donors (Lipinski definition) is 2. The summed E-state index contributed by atoms with van der Waals surface area (Å²) < 4.78 is 45.1. The number of nitrogens with zero attached hydrogens (tertiary/aromatic N) is 2. The fraction of sp³-hybridized carbons (Fsp3) is 0.0909. The van der Waals surface area contributed by atoms with Crippen molar-refractivity contribution in [2.75, 3.05) is 5.43 Å². The number of nitrogens with two attached hydrogens (primary N) is 1. The summed E-state index contributed by atoms with van der Waals surface area (Å²) in [6, 6.07) is 4.74. The van der Waals surface area contributed by atoms with E-state index in [1.54, 1.807) is 0 Å². The Morgan fingerprint density at radius 1 is 1.14 bits per heavy atom. The van der Waals surface area contributed by atoms with Crippen LogP contribution in [0.15, 0.2) is 30.5 Å². The van der Waals surface area contributed by atoms with Gasteiger partial charge in [0.1, 0.15) is 16.5 Å². The molecule has 0 amide bonds. The predicted molar refractivity (Wildman–Crippen MR) is 68.1 cm³/mol. The number of ether oxygens (including phenoxy) is 2. The summed E-state index contributed by atoms with van der Waals surface area (Å²) in [5.74, 6) is 5.07. The van der Waals surface area contributed by atoms with E-state index in [0.29, 0.717) is 0 Å². The standard InChI is InChI=1S/C11H8ClF3N4O2/c12-8-5-17-10(19-16)18-9(8)20-6-1-3-7(4-2-6)21-11(13,14)15/h1-5H,16H2,(H,17,18,19). The van der Waals surface area contributed by atoms with Crippen LogP contribution in [0.5, 0.6) is 17.4 Å². The molecule has 6 nitrogen and oxygen atoms in total. The van der Waals surface area contributed by atoms with Gasteiger partial charge in [0.25, 0.3) is 0 Å². The number of hydrazine groups is 1. The van der Waals surface area contributed by atoms with Gasteiger partial charge in [-0.15, -0.1) is 13.2 Å². The molecule has 21 heavy (non-hydrogen) atoms. The first-order valence-electron chi connectivity index (χ1n) is 5.40. The zero-order valence-electron chi connectivity index (χ0n) is 10.2. The first-order valence-corrected chi connectivity index (χ1v) is 5.78. The zero-order chi connectivity index (χ0) is 15.5. The molecule has 10 heteroatoms. The van der Waals surface area contributed by atoms with Crippen LogP contribution in [0.3, 0.4) is 0 Å². The van der Waals surface area contributed by atoms with Crippen LogP contribution in [-0.2, 0) is 0 Å². The Balaban J connectivity index is 2.13. The molecule has 0 atom stereocenters. The van der Waals surface area contributed by atoms with E-state index in [4.69, 9.17) is 22.2 Å². The number of halogens is 4. The molecule has 0 saturated heterocycles. The van der Waals surface area contributed by atoms with Gasteiger partial charge in [-0.25, -0.2) is 10.8 Å². The summed E-state index contributed by atoms with van der Waals surface area (Å²) in [6.45, 7) is 0. The largest absolute Gasteiger partial charge is 0.573 e. The summed E-state index contributed by atoms with van der Waals surface area (Å²) in [5.41, 5.74) is 2.21. The van der Waals surface area contributed by atoms with Gasteiger partial charge in [0.2, 0.25) is 11.8 Å². The third-order valence-electron chi connectivity index (χ3n) is 2.11. The van der Waals surface area contributed by atoms with E-state index in [1.807, 2.05) is 0 Å². The highest BCUT2D eigenvalue weighted by atomic mass is 35.5. The minimum Gasteiger partial charge on any atom is -0.437 e. The van der Waals surface area contributed by atoms with Crippen LogP contribution in [0.2, 0.25) is 5.02 Å². The molecule has 0 aliphatic heterocycles. The lowest BCUT2D eigenvalue weighted by atomic mass is 10.3. The molecule has 3 N–H and O–H groups in total. The molecule has 1 heterocycles. The Bertz CT molecular complexity index is 622. The average Bonchev–Trinajstić information content (AvgIpc) is 2.42. The average molecular weight is 321 g/mol. The van der Waals surface area contributed by atoms with Gasteiger partial charge in [-0.1, -0.05) is 11.6 Å².